The van der Waals surface area contributed by atoms with E-state index in [2.05, 4.69) is 0 Å². The molecule has 2 rings (SSSR count). The molecule has 2 nitrogen and oxygen atoms in total. The number of carbonyl (C=O) groups is 1. The fourth-order valence-corrected chi connectivity index (χ4v) is 2.55. The predicted molar refractivity (Wildman–Crippen MR) is 62.8 cm³/mol. The minimum absolute atomic E-state index is 0.268. The Morgan fingerprint density at radius 3 is 2.67 bits per heavy atom. The van der Waals surface area contributed by atoms with Crippen LogP contribution in [-0.2, 0) is 4.79 Å². The molecular formula is C12H12O2S. The first-order chi connectivity index (χ1) is 7.24. The lowest BCUT2D eigenvalue weighted by atomic mass is 10.1. The number of rotatable bonds is 1. The molecule has 1 saturated heterocycles. The molecule has 0 saturated carbocycles. The van der Waals surface area contributed by atoms with E-state index in [0.29, 0.717) is 18.6 Å². The van der Waals surface area contributed by atoms with Gasteiger partial charge in [-0.1, -0.05) is 12.1 Å². The van der Waals surface area contributed by atoms with Crippen molar-refractivity contribution in [3.05, 3.63) is 34.7 Å². The smallest absolute Gasteiger partial charge is 0.138 e. The number of hydrogen-bond donors (Lipinski definition) is 1. The molecule has 0 spiro atoms. The van der Waals surface area contributed by atoms with E-state index in [-0.39, 0.29) is 5.75 Å². The molecular weight excluding hydrogens is 208 g/mol. The maximum Gasteiger partial charge on any atom is 0.138 e. The Morgan fingerprint density at radius 1 is 1.27 bits per heavy atom. The van der Waals surface area contributed by atoms with Crippen molar-refractivity contribution in [1.82, 2.24) is 0 Å². The van der Waals surface area contributed by atoms with Gasteiger partial charge in [-0.05, 0) is 28.7 Å². The van der Waals surface area contributed by atoms with Crippen LogP contribution < -0.4 is 0 Å². The summed E-state index contributed by atoms with van der Waals surface area (Å²) in [6.45, 7) is 0. The van der Waals surface area contributed by atoms with Gasteiger partial charge in [0.25, 0.3) is 0 Å². The first-order valence-electron chi connectivity index (χ1n) is 4.88. The van der Waals surface area contributed by atoms with E-state index in [4.69, 9.17) is 5.11 Å². The van der Waals surface area contributed by atoms with E-state index in [9.17, 15) is 4.79 Å². The maximum absolute atomic E-state index is 11.2. The zero-order chi connectivity index (χ0) is 10.7. The Bertz CT molecular complexity index is 393. The molecule has 1 aliphatic rings. The number of Topliss-reactive ketones (excluding diaryl/α,β-unsaturated/α-hetero) is 1. The maximum atomic E-state index is 11.2. The molecule has 15 heavy (non-hydrogen) atoms. The van der Waals surface area contributed by atoms with Gasteiger partial charge >= 0.3 is 0 Å². The first kappa shape index (κ1) is 10.3. The average molecular weight is 220 g/mol. The number of carbonyl (C=O) groups excluding carboxylic acids is 1. The van der Waals surface area contributed by atoms with Gasteiger partial charge in [0.1, 0.15) is 11.5 Å². The second-order valence-corrected chi connectivity index (χ2v) is 4.74. The molecule has 1 aromatic carbocycles. The van der Waals surface area contributed by atoms with Crippen LogP contribution in [0.15, 0.2) is 29.2 Å². The third-order valence-electron chi connectivity index (χ3n) is 2.26. The topological polar surface area (TPSA) is 37.3 Å². The van der Waals surface area contributed by atoms with Crippen molar-refractivity contribution in [2.45, 2.75) is 12.8 Å². The highest BCUT2D eigenvalue weighted by molar-refractivity contribution is 8.03. The molecule has 1 heterocycles. The molecule has 0 bridgehead atoms. The van der Waals surface area contributed by atoms with Gasteiger partial charge in [-0.25, -0.2) is 0 Å². The molecule has 1 N–H and O–H groups in total. The molecule has 0 aliphatic carbocycles. The van der Waals surface area contributed by atoms with Crippen LogP contribution in [0.4, 0.5) is 0 Å². The van der Waals surface area contributed by atoms with E-state index >= 15 is 0 Å². The third kappa shape index (κ3) is 2.86. The third-order valence-corrected chi connectivity index (χ3v) is 3.30. The Hall–Kier alpha value is -1.22. The molecule has 1 aliphatic heterocycles. The summed E-state index contributed by atoms with van der Waals surface area (Å²) in [6.07, 6.45) is 3.27. The summed E-state index contributed by atoms with van der Waals surface area (Å²) in [5, 5.41) is 9.12. The van der Waals surface area contributed by atoms with Crippen LogP contribution in [0.2, 0.25) is 0 Å². The van der Waals surface area contributed by atoms with E-state index < -0.39 is 0 Å². The van der Waals surface area contributed by atoms with Crippen LogP contribution in [0.25, 0.3) is 6.08 Å². The van der Waals surface area contributed by atoms with Crippen LogP contribution in [0.1, 0.15) is 18.4 Å². The summed E-state index contributed by atoms with van der Waals surface area (Å²) < 4.78 is 0. The Morgan fingerprint density at radius 2 is 2.00 bits per heavy atom. The number of phenols is 1. The summed E-state index contributed by atoms with van der Waals surface area (Å²) in [6, 6.07) is 7.01. The van der Waals surface area contributed by atoms with Gasteiger partial charge in [0, 0.05) is 18.6 Å². The minimum Gasteiger partial charge on any atom is -0.508 e. The van der Waals surface area contributed by atoms with Crippen LogP contribution in [0.3, 0.4) is 0 Å². The monoisotopic (exact) mass is 220 g/mol. The lowest BCUT2D eigenvalue weighted by Gasteiger charge is -2.12. The fraction of sp³-hybridized carbons (Fsp3) is 0.250. The quantitative estimate of drug-likeness (QED) is 0.790. The Kier molecular flexibility index (Phi) is 3.11. The van der Waals surface area contributed by atoms with Crippen molar-refractivity contribution in [3.8, 4) is 5.75 Å². The fourth-order valence-electron chi connectivity index (χ4n) is 1.48. The number of ketones is 1. The number of hydrogen-bond acceptors (Lipinski definition) is 3. The van der Waals surface area contributed by atoms with E-state index in [1.165, 1.54) is 0 Å². The number of phenolic OH excluding ortho intramolecular Hbond substituents is 1. The molecule has 0 unspecified atom stereocenters. The Labute approximate surface area is 93.0 Å². The lowest BCUT2D eigenvalue weighted by Crippen LogP contribution is -2.05. The van der Waals surface area contributed by atoms with Gasteiger partial charge in [0.05, 0.1) is 0 Å². The van der Waals surface area contributed by atoms with E-state index in [0.717, 1.165) is 16.2 Å². The van der Waals surface area contributed by atoms with Crippen LogP contribution in [0, 0.1) is 0 Å². The summed E-state index contributed by atoms with van der Waals surface area (Å²) >= 11 is 1.74. The van der Waals surface area contributed by atoms with Gasteiger partial charge in [-0.15, -0.1) is 11.8 Å². The number of benzene rings is 1. The van der Waals surface area contributed by atoms with E-state index in [1.54, 1.807) is 23.9 Å². The average Bonchev–Trinajstić information content (AvgIpc) is 2.22. The SMILES string of the molecule is O=C1CCSC(=Cc2ccc(O)cc2)C1. The zero-order valence-electron chi connectivity index (χ0n) is 8.27. The van der Waals surface area contributed by atoms with Crippen LogP contribution in [-0.4, -0.2) is 16.6 Å². The van der Waals surface area contributed by atoms with Crippen molar-refractivity contribution in [1.29, 1.82) is 0 Å². The number of thioether (sulfide) groups is 1. The highest BCUT2D eigenvalue weighted by Gasteiger charge is 2.13. The molecule has 1 aromatic rings. The standard InChI is InChI=1S/C12H12O2S/c13-10-3-1-9(2-4-10)7-12-8-11(14)5-6-15-12/h1-4,7,13H,5-6,8H2. The highest BCUT2D eigenvalue weighted by atomic mass is 32.2. The number of allylic oxidation sites excluding steroid dienone is 1. The second kappa shape index (κ2) is 4.53. The summed E-state index contributed by atoms with van der Waals surface area (Å²) in [5.74, 6) is 1.48. The van der Waals surface area contributed by atoms with Crippen molar-refractivity contribution in [3.63, 3.8) is 0 Å². The van der Waals surface area contributed by atoms with Crippen LogP contribution >= 0.6 is 11.8 Å². The second-order valence-electron chi connectivity index (χ2n) is 3.52. The van der Waals surface area contributed by atoms with Crippen molar-refractivity contribution < 1.29 is 9.90 Å². The van der Waals surface area contributed by atoms with Gasteiger partial charge in [-0.2, -0.15) is 0 Å². The van der Waals surface area contributed by atoms with Crippen molar-refractivity contribution in [2.75, 3.05) is 5.75 Å². The minimum atomic E-state index is 0.268. The van der Waals surface area contributed by atoms with Gasteiger partial charge in [0.15, 0.2) is 0 Å². The summed E-state index contributed by atoms with van der Waals surface area (Å²) in [4.78, 5) is 12.3. The van der Waals surface area contributed by atoms with Crippen molar-refractivity contribution >= 4 is 23.6 Å². The van der Waals surface area contributed by atoms with Crippen molar-refractivity contribution in [2.24, 2.45) is 0 Å². The molecule has 3 heteroatoms. The normalized spacial score (nSPS) is 19.5. The van der Waals surface area contributed by atoms with Gasteiger partial charge < -0.3 is 5.11 Å². The molecule has 78 valence electrons. The predicted octanol–water partition coefficient (Wildman–Crippen LogP) is 2.83. The summed E-state index contributed by atoms with van der Waals surface area (Å²) in [7, 11) is 0. The zero-order valence-corrected chi connectivity index (χ0v) is 9.09. The number of aromatic hydroxyl groups is 1. The summed E-state index contributed by atoms with van der Waals surface area (Å²) in [5.41, 5.74) is 1.03. The van der Waals surface area contributed by atoms with Crippen LogP contribution in [0.5, 0.6) is 5.75 Å². The van der Waals surface area contributed by atoms with E-state index in [1.807, 2.05) is 18.2 Å². The first-order valence-corrected chi connectivity index (χ1v) is 5.87. The molecule has 0 atom stereocenters. The largest absolute Gasteiger partial charge is 0.508 e. The molecule has 0 aromatic heterocycles. The molecule has 1 fully saturated rings. The molecule has 0 radical (unpaired) electrons. The lowest BCUT2D eigenvalue weighted by molar-refractivity contribution is -0.118. The van der Waals surface area contributed by atoms with Gasteiger partial charge in [-0.3, -0.25) is 4.79 Å². The Balaban J connectivity index is 2.15. The highest BCUT2D eigenvalue weighted by Crippen LogP contribution is 2.29. The van der Waals surface area contributed by atoms with Gasteiger partial charge in [0.2, 0.25) is 0 Å². The molecule has 0 amide bonds.